The van der Waals surface area contributed by atoms with E-state index in [0.29, 0.717) is 23.7 Å². The molecule has 6 heteroatoms. The van der Waals surface area contributed by atoms with Gasteiger partial charge in [-0.1, -0.05) is 11.6 Å². The van der Waals surface area contributed by atoms with Crippen molar-refractivity contribution in [2.45, 2.75) is 20.4 Å². The van der Waals surface area contributed by atoms with E-state index in [9.17, 15) is 0 Å². The molecule has 106 valence electrons. The fraction of sp³-hybridized carbons (Fsp3) is 0.286. The van der Waals surface area contributed by atoms with Gasteiger partial charge in [-0.05, 0) is 38.1 Å². The Balaban J connectivity index is 1.92. The molecule has 0 amide bonds. The molecule has 0 aliphatic heterocycles. The fourth-order valence-corrected chi connectivity index (χ4v) is 2.01. The smallest absolute Gasteiger partial charge is 0.122 e. The highest BCUT2D eigenvalue weighted by atomic mass is 35.5. The molecule has 0 saturated carbocycles. The third kappa shape index (κ3) is 3.11. The maximum Gasteiger partial charge on any atom is 0.122 e. The van der Waals surface area contributed by atoms with E-state index in [0.717, 1.165) is 17.1 Å². The molecule has 0 aliphatic carbocycles. The highest BCUT2D eigenvalue weighted by molar-refractivity contribution is 6.31. The zero-order valence-electron chi connectivity index (χ0n) is 11.5. The van der Waals surface area contributed by atoms with Crippen LogP contribution in [0, 0.1) is 19.3 Å². The Morgan fingerprint density at radius 1 is 1.35 bits per heavy atom. The maximum absolute atomic E-state index is 7.32. The summed E-state index contributed by atoms with van der Waals surface area (Å²) in [7, 11) is 0. The molecule has 20 heavy (non-hydrogen) atoms. The summed E-state index contributed by atoms with van der Waals surface area (Å²) in [6.07, 6.45) is 0. The molecule has 1 aromatic heterocycles. The number of hydrogen-bond donors (Lipinski definition) is 2. The number of aromatic nitrogens is 2. The van der Waals surface area contributed by atoms with Crippen LogP contribution in [0.4, 0.5) is 0 Å². The van der Waals surface area contributed by atoms with E-state index in [1.54, 1.807) is 24.3 Å². The van der Waals surface area contributed by atoms with Gasteiger partial charge in [-0.2, -0.15) is 5.10 Å². The zero-order valence-corrected chi connectivity index (χ0v) is 12.2. The molecule has 5 nitrogen and oxygen atoms in total. The Bertz CT molecular complexity index is 619. The highest BCUT2D eigenvalue weighted by Crippen LogP contribution is 2.19. The molecule has 0 fully saturated rings. The molecule has 1 heterocycles. The third-order valence-corrected chi connectivity index (χ3v) is 3.58. The van der Waals surface area contributed by atoms with Crippen LogP contribution in [-0.4, -0.2) is 22.2 Å². The van der Waals surface area contributed by atoms with Crippen molar-refractivity contribution >= 4 is 17.4 Å². The average Bonchev–Trinajstić information content (AvgIpc) is 2.67. The van der Waals surface area contributed by atoms with Crippen molar-refractivity contribution in [2.75, 3.05) is 6.61 Å². The number of nitrogen functional groups attached to an aromatic ring is 1. The van der Waals surface area contributed by atoms with Crippen molar-refractivity contribution in [1.29, 1.82) is 5.41 Å². The summed E-state index contributed by atoms with van der Waals surface area (Å²) in [5.41, 5.74) is 7.85. The Morgan fingerprint density at radius 2 is 2.00 bits per heavy atom. The lowest BCUT2D eigenvalue weighted by Gasteiger charge is -2.08. The molecule has 0 saturated heterocycles. The molecule has 0 bridgehead atoms. The number of nitrogens with zero attached hydrogens (tertiary/aromatic N) is 2. The predicted molar refractivity (Wildman–Crippen MR) is 79.7 cm³/mol. The lowest BCUT2D eigenvalue weighted by molar-refractivity contribution is 0.289. The second kappa shape index (κ2) is 5.96. The molecule has 0 aliphatic rings. The van der Waals surface area contributed by atoms with Crippen LogP contribution in [0.1, 0.15) is 17.0 Å². The number of ether oxygens (including phenoxy) is 1. The van der Waals surface area contributed by atoms with Gasteiger partial charge in [-0.15, -0.1) is 0 Å². The number of benzene rings is 1. The summed E-state index contributed by atoms with van der Waals surface area (Å²) < 4.78 is 7.47. The van der Waals surface area contributed by atoms with Gasteiger partial charge in [0.15, 0.2) is 0 Å². The quantitative estimate of drug-likeness (QED) is 0.656. The van der Waals surface area contributed by atoms with Crippen LogP contribution < -0.4 is 10.5 Å². The second-order valence-electron chi connectivity index (χ2n) is 4.49. The topological polar surface area (TPSA) is 76.9 Å². The first-order valence-corrected chi connectivity index (χ1v) is 6.63. The predicted octanol–water partition coefficient (Wildman–Crippen LogP) is 2.52. The molecule has 3 N–H and O–H groups in total. The van der Waals surface area contributed by atoms with Crippen LogP contribution in [0.25, 0.3) is 0 Å². The van der Waals surface area contributed by atoms with Crippen LogP contribution in [0.2, 0.25) is 5.02 Å². The molecular formula is C14H17ClN4O. The number of halogens is 1. The van der Waals surface area contributed by atoms with E-state index >= 15 is 0 Å². The van der Waals surface area contributed by atoms with Crippen LogP contribution in [0.3, 0.4) is 0 Å². The number of nitrogens with two attached hydrogens (primary N) is 1. The fourth-order valence-electron chi connectivity index (χ4n) is 1.87. The van der Waals surface area contributed by atoms with Crippen molar-refractivity contribution in [2.24, 2.45) is 5.73 Å². The molecule has 0 spiro atoms. The average molecular weight is 293 g/mol. The van der Waals surface area contributed by atoms with E-state index in [2.05, 4.69) is 5.10 Å². The summed E-state index contributed by atoms with van der Waals surface area (Å²) in [4.78, 5) is 0. The lowest BCUT2D eigenvalue weighted by Crippen LogP contribution is -2.12. The largest absolute Gasteiger partial charge is 0.492 e. The summed E-state index contributed by atoms with van der Waals surface area (Å²) in [6.45, 7) is 4.95. The van der Waals surface area contributed by atoms with Crippen molar-refractivity contribution < 1.29 is 4.74 Å². The van der Waals surface area contributed by atoms with E-state index in [1.165, 1.54) is 0 Å². The van der Waals surface area contributed by atoms with E-state index in [-0.39, 0.29) is 5.84 Å². The molecule has 2 aromatic rings. The van der Waals surface area contributed by atoms with E-state index in [1.807, 2.05) is 18.5 Å². The normalized spacial score (nSPS) is 10.6. The minimum Gasteiger partial charge on any atom is -0.492 e. The van der Waals surface area contributed by atoms with Crippen molar-refractivity contribution in [3.8, 4) is 5.75 Å². The van der Waals surface area contributed by atoms with Crippen LogP contribution in [-0.2, 0) is 6.54 Å². The summed E-state index contributed by atoms with van der Waals surface area (Å²) in [6, 6.07) is 7.12. The minimum atomic E-state index is 0.0498. The molecule has 0 unspecified atom stereocenters. The number of nitrogens with one attached hydrogen (secondary N) is 1. The van der Waals surface area contributed by atoms with Crippen molar-refractivity contribution in [1.82, 2.24) is 9.78 Å². The Hall–Kier alpha value is -2.01. The first-order valence-electron chi connectivity index (χ1n) is 6.26. The number of rotatable bonds is 5. The monoisotopic (exact) mass is 292 g/mol. The first-order chi connectivity index (χ1) is 9.49. The van der Waals surface area contributed by atoms with Crippen molar-refractivity contribution in [3.05, 3.63) is 46.2 Å². The Morgan fingerprint density at radius 3 is 2.50 bits per heavy atom. The van der Waals surface area contributed by atoms with Gasteiger partial charge in [0.1, 0.15) is 18.2 Å². The van der Waals surface area contributed by atoms with Crippen molar-refractivity contribution in [3.63, 3.8) is 0 Å². The molecule has 0 radical (unpaired) electrons. The number of hydrogen-bond acceptors (Lipinski definition) is 3. The van der Waals surface area contributed by atoms with Gasteiger partial charge in [0.05, 0.1) is 23.0 Å². The summed E-state index contributed by atoms with van der Waals surface area (Å²) in [5, 5.41) is 12.4. The standard InChI is InChI=1S/C14H17ClN4O/c1-9-13(15)10(2)19(18-9)7-8-20-12-5-3-11(4-6-12)14(16)17/h3-6H,7-8H2,1-2H3,(H3,16,17). The lowest BCUT2D eigenvalue weighted by atomic mass is 10.2. The van der Waals surface area contributed by atoms with Crippen LogP contribution >= 0.6 is 11.6 Å². The minimum absolute atomic E-state index is 0.0498. The van der Waals surface area contributed by atoms with Crippen LogP contribution in [0.15, 0.2) is 24.3 Å². The summed E-state index contributed by atoms with van der Waals surface area (Å²) in [5.74, 6) is 0.788. The summed E-state index contributed by atoms with van der Waals surface area (Å²) >= 11 is 6.09. The number of aryl methyl sites for hydroxylation is 1. The van der Waals surface area contributed by atoms with Gasteiger partial charge in [-0.3, -0.25) is 10.1 Å². The molecule has 0 atom stereocenters. The zero-order chi connectivity index (χ0) is 14.7. The van der Waals surface area contributed by atoms with E-state index in [4.69, 9.17) is 27.5 Å². The van der Waals surface area contributed by atoms with Gasteiger partial charge >= 0.3 is 0 Å². The first kappa shape index (κ1) is 14.4. The van der Waals surface area contributed by atoms with Crippen LogP contribution in [0.5, 0.6) is 5.75 Å². The third-order valence-electron chi connectivity index (χ3n) is 3.03. The molecular weight excluding hydrogens is 276 g/mol. The highest BCUT2D eigenvalue weighted by Gasteiger charge is 2.08. The van der Waals surface area contributed by atoms with Gasteiger partial charge in [-0.25, -0.2) is 0 Å². The van der Waals surface area contributed by atoms with Gasteiger partial charge < -0.3 is 10.5 Å². The second-order valence-corrected chi connectivity index (χ2v) is 4.87. The van der Waals surface area contributed by atoms with E-state index < -0.39 is 0 Å². The molecule has 1 aromatic carbocycles. The maximum atomic E-state index is 7.32. The van der Waals surface area contributed by atoms with Gasteiger partial charge in [0, 0.05) is 5.56 Å². The van der Waals surface area contributed by atoms with Gasteiger partial charge in [0.2, 0.25) is 0 Å². The Kier molecular flexibility index (Phi) is 4.29. The number of amidine groups is 1. The SMILES string of the molecule is Cc1nn(CCOc2ccc(C(=N)N)cc2)c(C)c1Cl. The Labute approximate surface area is 122 Å². The van der Waals surface area contributed by atoms with Gasteiger partial charge in [0.25, 0.3) is 0 Å². The molecule has 2 rings (SSSR count).